The number of carbonyl (C=O) groups excluding carboxylic acids is 1. The van der Waals surface area contributed by atoms with Gasteiger partial charge >= 0.3 is 6.18 Å². The number of aromatic nitrogens is 1. The molecule has 1 saturated heterocycles. The van der Waals surface area contributed by atoms with Crippen molar-refractivity contribution in [2.24, 2.45) is 10.9 Å². The van der Waals surface area contributed by atoms with E-state index in [4.69, 9.17) is 4.74 Å². The lowest BCUT2D eigenvalue weighted by Crippen LogP contribution is -2.46. The first-order valence-corrected chi connectivity index (χ1v) is 10.8. The summed E-state index contributed by atoms with van der Waals surface area (Å²) in [5.41, 5.74) is -0.897. The van der Waals surface area contributed by atoms with Crippen molar-refractivity contribution >= 4 is 35.8 Å². The minimum absolute atomic E-state index is 0. The van der Waals surface area contributed by atoms with Crippen molar-refractivity contribution in [2.75, 3.05) is 33.3 Å². The summed E-state index contributed by atoms with van der Waals surface area (Å²) in [6.45, 7) is 1.62. The van der Waals surface area contributed by atoms with Crippen LogP contribution in [0.4, 0.5) is 13.2 Å². The molecule has 0 spiro atoms. The standard InChI is InChI=1S/C21H30F3N5O2.HI/c1-25-20(27-11-13-31-18-17(21(22,23)24)8-5-10-26-18)28-16-9-12-29(14-16)19(30)15-6-3-2-4-7-15;/h5,8,10,15-16H,2-4,6-7,9,11-14H2,1H3,(H2,25,27,28);1H. The molecular formula is C21H31F3IN5O2. The molecule has 2 aliphatic rings. The molecule has 3 rings (SSSR count). The SMILES string of the molecule is CN=C(NCCOc1ncccc1C(F)(F)F)NC1CCN(C(=O)C2CCCCC2)C1.I. The molecule has 180 valence electrons. The number of ether oxygens (including phenoxy) is 1. The number of likely N-dealkylation sites (tertiary alicyclic amines) is 1. The number of hydrogen-bond donors (Lipinski definition) is 2. The fourth-order valence-electron chi connectivity index (χ4n) is 4.11. The van der Waals surface area contributed by atoms with E-state index in [1.807, 2.05) is 4.90 Å². The van der Waals surface area contributed by atoms with Crippen molar-refractivity contribution in [1.29, 1.82) is 0 Å². The summed E-state index contributed by atoms with van der Waals surface area (Å²) in [4.78, 5) is 22.5. The number of amides is 1. The van der Waals surface area contributed by atoms with Gasteiger partial charge in [-0.25, -0.2) is 4.98 Å². The van der Waals surface area contributed by atoms with Crippen LogP contribution in [0.2, 0.25) is 0 Å². The van der Waals surface area contributed by atoms with Crippen molar-refractivity contribution in [3.63, 3.8) is 0 Å². The van der Waals surface area contributed by atoms with Crippen LogP contribution in [0.1, 0.15) is 44.1 Å². The second kappa shape index (κ2) is 12.4. The Hall–Kier alpha value is -1.79. The second-order valence-electron chi connectivity index (χ2n) is 7.95. The van der Waals surface area contributed by atoms with Crippen molar-refractivity contribution in [3.8, 4) is 5.88 Å². The minimum atomic E-state index is -4.52. The lowest BCUT2D eigenvalue weighted by Gasteiger charge is -2.26. The monoisotopic (exact) mass is 569 g/mol. The summed E-state index contributed by atoms with van der Waals surface area (Å²) in [5, 5.41) is 6.32. The number of halogens is 4. The molecule has 1 unspecified atom stereocenters. The molecule has 2 heterocycles. The van der Waals surface area contributed by atoms with Crippen molar-refractivity contribution in [2.45, 2.75) is 50.7 Å². The van der Waals surface area contributed by atoms with Crippen LogP contribution in [0.15, 0.2) is 23.3 Å². The van der Waals surface area contributed by atoms with Gasteiger partial charge in [0.2, 0.25) is 11.8 Å². The Labute approximate surface area is 203 Å². The molecule has 1 atom stereocenters. The van der Waals surface area contributed by atoms with Crippen LogP contribution < -0.4 is 15.4 Å². The molecule has 0 bridgehead atoms. The average Bonchev–Trinajstić information content (AvgIpc) is 3.24. The van der Waals surface area contributed by atoms with Crippen LogP contribution in [-0.4, -0.2) is 61.1 Å². The zero-order valence-electron chi connectivity index (χ0n) is 18.2. The third-order valence-electron chi connectivity index (χ3n) is 5.73. The Morgan fingerprint density at radius 1 is 1.28 bits per heavy atom. The second-order valence-corrected chi connectivity index (χ2v) is 7.95. The van der Waals surface area contributed by atoms with Gasteiger partial charge in [-0.1, -0.05) is 19.3 Å². The van der Waals surface area contributed by atoms with Gasteiger partial charge in [0.25, 0.3) is 0 Å². The number of nitrogens with zero attached hydrogens (tertiary/aromatic N) is 3. The third kappa shape index (κ3) is 7.38. The number of hydrogen-bond acceptors (Lipinski definition) is 4. The van der Waals surface area contributed by atoms with Gasteiger partial charge in [0.1, 0.15) is 12.2 Å². The first-order valence-electron chi connectivity index (χ1n) is 10.8. The maximum atomic E-state index is 13.0. The highest BCUT2D eigenvalue weighted by Gasteiger charge is 2.35. The molecule has 1 aromatic rings. The van der Waals surface area contributed by atoms with E-state index in [1.165, 1.54) is 18.7 Å². The molecule has 11 heteroatoms. The van der Waals surface area contributed by atoms with E-state index in [1.54, 1.807) is 7.05 Å². The summed E-state index contributed by atoms with van der Waals surface area (Å²) in [6.07, 6.45) is 3.04. The van der Waals surface area contributed by atoms with Gasteiger partial charge < -0.3 is 20.3 Å². The highest BCUT2D eigenvalue weighted by molar-refractivity contribution is 14.0. The third-order valence-corrected chi connectivity index (χ3v) is 5.73. The summed E-state index contributed by atoms with van der Waals surface area (Å²) < 4.78 is 44.2. The number of guanidine groups is 1. The molecular weight excluding hydrogens is 538 g/mol. The Balaban J connectivity index is 0.00000363. The minimum Gasteiger partial charge on any atom is -0.475 e. The predicted molar refractivity (Wildman–Crippen MR) is 126 cm³/mol. The van der Waals surface area contributed by atoms with Crippen LogP contribution >= 0.6 is 24.0 Å². The van der Waals surface area contributed by atoms with Crippen LogP contribution in [0.3, 0.4) is 0 Å². The molecule has 2 N–H and O–H groups in total. The fraction of sp³-hybridized carbons (Fsp3) is 0.667. The lowest BCUT2D eigenvalue weighted by atomic mass is 9.88. The zero-order chi connectivity index (χ0) is 22.3. The van der Waals surface area contributed by atoms with Crippen molar-refractivity contribution in [3.05, 3.63) is 23.9 Å². The van der Waals surface area contributed by atoms with E-state index in [0.717, 1.165) is 44.7 Å². The van der Waals surface area contributed by atoms with Gasteiger partial charge in [-0.15, -0.1) is 24.0 Å². The summed E-state index contributed by atoms with van der Waals surface area (Å²) in [5.74, 6) is 0.511. The van der Waals surface area contributed by atoms with E-state index < -0.39 is 17.6 Å². The number of aliphatic imine (C=N–C) groups is 1. The molecule has 1 saturated carbocycles. The molecule has 1 amide bonds. The Bertz CT molecular complexity index is 772. The molecule has 32 heavy (non-hydrogen) atoms. The van der Waals surface area contributed by atoms with Gasteiger partial charge in [-0.3, -0.25) is 9.79 Å². The fourth-order valence-corrected chi connectivity index (χ4v) is 4.11. The van der Waals surface area contributed by atoms with E-state index in [-0.39, 0.29) is 55.0 Å². The Morgan fingerprint density at radius 2 is 2.03 bits per heavy atom. The molecule has 1 aliphatic carbocycles. The predicted octanol–water partition coefficient (Wildman–Crippen LogP) is 3.44. The highest BCUT2D eigenvalue weighted by Crippen LogP contribution is 2.34. The molecule has 1 aliphatic heterocycles. The van der Waals surface area contributed by atoms with Crippen LogP contribution in [0.5, 0.6) is 5.88 Å². The molecule has 7 nitrogen and oxygen atoms in total. The number of carbonyl (C=O) groups is 1. The van der Waals surface area contributed by atoms with Crippen LogP contribution in [0.25, 0.3) is 0 Å². The maximum Gasteiger partial charge on any atom is 0.421 e. The normalized spacial score (nSPS) is 19.9. The van der Waals surface area contributed by atoms with Crippen molar-refractivity contribution in [1.82, 2.24) is 20.5 Å². The maximum absolute atomic E-state index is 13.0. The van der Waals surface area contributed by atoms with E-state index in [0.29, 0.717) is 12.5 Å². The van der Waals surface area contributed by atoms with Gasteiger partial charge in [-0.05, 0) is 31.4 Å². The van der Waals surface area contributed by atoms with Crippen LogP contribution in [0, 0.1) is 5.92 Å². The number of nitrogens with one attached hydrogen (secondary N) is 2. The first-order chi connectivity index (χ1) is 14.9. The smallest absolute Gasteiger partial charge is 0.421 e. The van der Waals surface area contributed by atoms with Crippen LogP contribution in [-0.2, 0) is 11.0 Å². The quantitative estimate of drug-likeness (QED) is 0.238. The molecule has 2 fully saturated rings. The van der Waals surface area contributed by atoms with Crippen molar-refractivity contribution < 1.29 is 22.7 Å². The Morgan fingerprint density at radius 3 is 2.72 bits per heavy atom. The summed E-state index contributed by atoms with van der Waals surface area (Å²) >= 11 is 0. The topological polar surface area (TPSA) is 78.9 Å². The summed E-state index contributed by atoms with van der Waals surface area (Å²) in [7, 11) is 1.62. The zero-order valence-corrected chi connectivity index (χ0v) is 20.5. The average molecular weight is 569 g/mol. The van der Waals surface area contributed by atoms with E-state index in [9.17, 15) is 18.0 Å². The molecule has 0 radical (unpaired) electrons. The largest absolute Gasteiger partial charge is 0.475 e. The van der Waals surface area contributed by atoms with Gasteiger partial charge in [-0.2, -0.15) is 13.2 Å². The first kappa shape index (κ1) is 26.5. The number of pyridine rings is 1. The van der Waals surface area contributed by atoms with Gasteiger partial charge in [0.15, 0.2) is 5.96 Å². The number of alkyl halides is 3. The van der Waals surface area contributed by atoms with Gasteiger partial charge in [0, 0.05) is 38.3 Å². The molecule has 1 aromatic heterocycles. The lowest BCUT2D eigenvalue weighted by molar-refractivity contribution is -0.139. The van der Waals surface area contributed by atoms with E-state index >= 15 is 0 Å². The van der Waals surface area contributed by atoms with Gasteiger partial charge in [0.05, 0.1) is 6.54 Å². The highest BCUT2D eigenvalue weighted by atomic mass is 127. The Kier molecular flexibility index (Phi) is 10.3. The number of rotatable bonds is 6. The summed E-state index contributed by atoms with van der Waals surface area (Å²) in [6, 6.07) is 2.26. The van der Waals surface area contributed by atoms with E-state index in [2.05, 4.69) is 20.6 Å². The molecule has 0 aromatic carbocycles.